The maximum absolute atomic E-state index is 12.7. The van der Waals surface area contributed by atoms with Crippen molar-refractivity contribution in [2.24, 2.45) is 0 Å². The second-order valence-electron chi connectivity index (χ2n) is 6.11. The van der Waals surface area contributed by atoms with Gasteiger partial charge in [-0.25, -0.2) is 4.79 Å². The highest BCUT2D eigenvalue weighted by Crippen LogP contribution is 2.29. The van der Waals surface area contributed by atoms with E-state index in [0.29, 0.717) is 30.2 Å². The molecule has 3 rings (SSSR count). The van der Waals surface area contributed by atoms with Gasteiger partial charge in [-0.2, -0.15) is 5.10 Å². The molecule has 1 fully saturated rings. The van der Waals surface area contributed by atoms with Crippen LogP contribution >= 0.6 is 0 Å². The highest BCUT2D eigenvalue weighted by molar-refractivity contribution is 5.95. The number of carboxylic acids is 1. The van der Waals surface area contributed by atoms with Gasteiger partial charge < -0.3 is 19.5 Å². The summed E-state index contributed by atoms with van der Waals surface area (Å²) in [6.07, 6.45) is 4.34. The Morgan fingerprint density at radius 1 is 1.12 bits per heavy atom. The fraction of sp³-hybridized carbons (Fsp3) is 0.389. The van der Waals surface area contributed by atoms with Gasteiger partial charge in [-0.15, -0.1) is 0 Å². The molecule has 1 aliphatic heterocycles. The van der Waals surface area contributed by atoms with E-state index in [1.165, 1.54) is 13.3 Å². The number of nitrogens with zero attached hydrogens (tertiary/aromatic N) is 3. The molecule has 8 heteroatoms. The topological polar surface area (TPSA) is 93.9 Å². The molecule has 138 valence electrons. The molecule has 0 radical (unpaired) electrons. The van der Waals surface area contributed by atoms with E-state index < -0.39 is 5.97 Å². The Morgan fingerprint density at radius 3 is 2.38 bits per heavy atom. The van der Waals surface area contributed by atoms with Gasteiger partial charge in [-0.3, -0.25) is 9.48 Å². The van der Waals surface area contributed by atoms with Crippen LogP contribution in [0.15, 0.2) is 30.6 Å². The second kappa shape index (κ2) is 7.47. The quantitative estimate of drug-likeness (QED) is 0.878. The van der Waals surface area contributed by atoms with Gasteiger partial charge in [-0.1, -0.05) is 0 Å². The van der Waals surface area contributed by atoms with Crippen molar-refractivity contribution in [1.82, 2.24) is 14.7 Å². The monoisotopic (exact) mass is 359 g/mol. The number of hydrogen-bond donors (Lipinski definition) is 1. The number of hydrogen-bond acceptors (Lipinski definition) is 5. The molecule has 2 heterocycles. The summed E-state index contributed by atoms with van der Waals surface area (Å²) in [7, 11) is 3.09. The second-order valence-corrected chi connectivity index (χ2v) is 6.11. The lowest BCUT2D eigenvalue weighted by Crippen LogP contribution is -2.39. The van der Waals surface area contributed by atoms with E-state index in [9.17, 15) is 9.59 Å². The molecule has 8 nitrogen and oxygen atoms in total. The molecule has 0 saturated carbocycles. The Bertz CT molecular complexity index is 809. The molecule has 0 aliphatic carbocycles. The van der Waals surface area contributed by atoms with Gasteiger partial charge in [0.15, 0.2) is 11.5 Å². The van der Waals surface area contributed by atoms with Crippen molar-refractivity contribution < 1.29 is 24.2 Å². The molecule has 1 aromatic heterocycles. The van der Waals surface area contributed by atoms with Gasteiger partial charge in [0.05, 0.1) is 32.0 Å². The van der Waals surface area contributed by atoms with E-state index in [-0.39, 0.29) is 17.5 Å². The summed E-state index contributed by atoms with van der Waals surface area (Å²) in [6, 6.07) is 5.22. The number of benzene rings is 1. The Kier molecular flexibility index (Phi) is 5.11. The van der Waals surface area contributed by atoms with Crippen LogP contribution in [0.25, 0.3) is 0 Å². The number of amides is 1. The first-order chi connectivity index (χ1) is 12.5. The highest BCUT2D eigenvalue weighted by Gasteiger charge is 2.26. The lowest BCUT2D eigenvalue weighted by Gasteiger charge is -2.32. The van der Waals surface area contributed by atoms with Crippen molar-refractivity contribution in [3.8, 4) is 11.5 Å². The summed E-state index contributed by atoms with van der Waals surface area (Å²) < 4.78 is 12.1. The average Bonchev–Trinajstić information content (AvgIpc) is 3.17. The number of carbonyl (C=O) groups is 2. The maximum Gasteiger partial charge on any atom is 0.338 e. The largest absolute Gasteiger partial charge is 0.493 e. The predicted molar refractivity (Wildman–Crippen MR) is 92.9 cm³/mol. The van der Waals surface area contributed by atoms with E-state index >= 15 is 0 Å². The van der Waals surface area contributed by atoms with Crippen LogP contribution in [0.2, 0.25) is 0 Å². The van der Waals surface area contributed by atoms with Gasteiger partial charge in [0.1, 0.15) is 0 Å². The summed E-state index contributed by atoms with van der Waals surface area (Å²) in [6.45, 7) is 1.17. The first-order valence-corrected chi connectivity index (χ1v) is 8.32. The molecular weight excluding hydrogens is 338 g/mol. The van der Waals surface area contributed by atoms with Crippen molar-refractivity contribution in [3.05, 3.63) is 41.7 Å². The Labute approximate surface area is 150 Å². The van der Waals surface area contributed by atoms with Crippen LogP contribution in [0.4, 0.5) is 0 Å². The average molecular weight is 359 g/mol. The first-order valence-electron chi connectivity index (χ1n) is 8.32. The van der Waals surface area contributed by atoms with Gasteiger partial charge in [-0.05, 0) is 31.0 Å². The third-order valence-electron chi connectivity index (χ3n) is 4.60. The number of aromatic nitrogens is 2. The van der Waals surface area contributed by atoms with Crippen LogP contribution in [-0.4, -0.2) is 59.0 Å². The van der Waals surface area contributed by atoms with Crippen molar-refractivity contribution in [1.29, 1.82) is 0 Å². The summed E-state index contributed by atoms with van der Waals surface area (Å²) in [4.78, 5) is 25.5. The molecule has 26 heavy (non-hydrogen) atoms. The zero-order chi connectivity index (χ0) is 18.7. The Morgan fingerprint density at radius 2 is 1.81 bits per heavy atom. The normalized spacial score (nSPS) is 14.9. The van der Waals surface area contributed by atoms with Crippen molar-refractivity contribution in [3.63, 3.8) is 0 Å². The lowest BCUT2D eigenvalue weighted by molar-refractivity contribution is 0.0688. The number of aromatic carboxylic acids is 1. The number of methoxy groups -OCH3 is 2. The predicted octanol–water partition coefficient (Wildman–Crippen LogP) is 2.08. The van der Waals surface area contributed by atoms with Gasteiger partial charge in [0, 0.05) is 24.8 Å². The van der Waals surface area contributed by atoms with Gasteiger partial charge in [0.25, 0.3) is 5.91 Å². The molecule has 1 saturated heterocycles. The molecule has 1 aliphatic rings. The fourth-order valence-corrected chi connectivity index (χ4v) is 3.13. The number of likely N-dealkylation sites (tertiary alicyclic amines) is 1. The highest BCUT2D eigenvalue weighted by atomic mass is 16.5. The van der Waals surface area contributed by atoms with Crippen molar-refractivity contribution in [2.45, 2.75) is 18.9 Å². The fourth-order valence-electron chi connectivity index (χ4n) is 3.13. The summed E-state index contributed by atoms with van der Waals surface area (Å²) >= 11 is 0. The number of piperidine rings is 1. The van der Waals surface area contributed by atoms with E-state index in [4.69, 9.17) is 14.6 Å². The van der Waals surface area contributed by atoms with E-state index in [1.807, 2.05) is 0 Å². The van der Waals surface area contributed by atoms with Crippen LogP contribution < -0.4 is 9.47 Å². The molecule has 1 aromatic carbocycles. The van der Waals surface area contributed by atoms with Crippen LogP contribution in [0.3, 0.4) is 0 Å². The standard InChI is InChI=1S/C18H21N3O5/c1-25-15-4-3-12(9-16(15)26-2)17(22)20-7-5-14(6-8-20)21-11-13(10-19-21)18(23)24/h3-4,9-11,14H,5-8H2,1-2H3,(H,23,24). The third kappa shape index (κ3) is 3.49. The van der Waals surface area contributed by atoms with Crippen molar-refractivity contribution in [2.75, 3.05) is 27.3 Å². The van der Waals surface area contributed by atoms with E-state index in [1.54, 1.807) is 41.1 Å². The van der Waals surface area contributed by atoms with Crippen LogP contribution in [0, 0.1) is 0 Å². The third-order valence-corrected chi connectivity index (χ3v) is 4.60. The van der Waals surface area contributed by atoms with E-state index in [0.717, 1.165) is 12.8 Å². The zero-order valence-corrected chi connectivity index (χ0v) is 14.7. The molecule has 1 N–H and O–H groups in total. The number of carboxylic acid groups (broad SMARTS) is 1. The molecule has 0 atom stereocenters. The zero-order valence-electron chi connectivity index (χ0n) is 14.7. The molecule has 0 unspecified atom stereocenters. The summed E-state index contributed by atoms with van der Waals surface area (Å²) in [5, 5.41) is 13.1. The van der Waals surface area contributed by atoms with Crippen LogP contribution in [0.1, 0.15) is 39.6 Å². The smallest absolute Gasteiger partial charge is 0.338 e. The molecular formula is C18H21N3O5. The Hall–Kier alpha value is -3.03. The SMILES string of the molecule is COc1ccc(C(=O)N2CCC(n3cc(C(=O)O)cn3)CC2)cc1OC. The number of rotatable bonds is 5. The van der Waals surface area contributed by atoms with Crippen LogP contribution in [-0.2, 0) is 0 Å². The van der Waals surface area contributed by atoms with Crippen LogP contribution in [0.5, 0.6) is 11.5 Å². The summed E-state index contributed by atoms with van der Waals surface area (Å²) in [5.74, 6) is 0.0510. The molecule has 2 aromatic rings. The lowest BCUT2D eigenvalue weighted by atomic mass is 10.0. The van der Waals surface area contributed by atoms with Crippen molar-refractivity contribution >= 4 is 11.9 Å². The Balaban J connectivity index is 1.65. The minimum atomic E-state index is -0.989. The van der Waals surface area contributed by atoms with Gasteiger partial charge >= 0.3 is 5.97 Å². The molecule has 0 bridgehead atoms. The minimum Gasteiger partial charge on any atom is -0.493 e. The summed E-state index contributed by atoms with van der Waals surface area (Å²) in [5.41, 5.74) is 0.724. The number of ether oxygens (including phenoxy) is 2. The maximum atomic E-state index is 12.7. The van der Waals surface area contributed by atoms with Gasteiger partial charge in [0.2, 0.25) is 0 Å². The number of carbonyl (C=O) groups excluding carboxylic acids is 1. The first kappa shape index (κ1) is 17.8. The molecule has 0 spiro atoms. The van der Waals surface area contributed by atoms with E-state index in [2.05, 4.69) is 5.10 Å². The minimum absolute atomic E-state index is 0.0592. The molecule has 1 amide bonds.